The van der Waals surface area contributed by atoms with Crippen LogP contribution in [0.3, 0.4) is 0 Å². The van der Waals surface area contributed by atoms with E-state index in [0.717, 1.165) is 0 Å². The number of benzene rings is 1. The second-order valence-electron chi connectivity index (χ2n) is 3.80. The summed E-state index contributed by atoms with van der Waals surface area (Å²) in [5.74, 6) is 0.568. The summed E-state index contributed by atoms with van der Waals surface area (Å²) < 4.78 is 15.0. The molecule has 0 radical (unpaired) electrons. The van der Waals surface area contributed by atoms with Crippen molar-refractivity contribution in [1.29, 1.82) is 0 Å². The van der Waals surface area contributed by atoms with Gasteiger partial charge in [-0.25, -0.2) is 0 Å². The van der Waals surface area contributed by atoms with Gasteiger partial charge in [-0.05, 0) is 25.1 Å². The Morgan fingerprint density at radius 1 is 1.11 bits per heavy atom. The number of ether oxygens (including phenoxy) is 3. The van der Waals surface area contributed by atoms with Gasteiger partial charge in [0.05, 0.1) is 27.2 Å². The molecule has 0 aliphatic heterocycles. The van der Waals surface area contributed by atoms with Gasteiger partial charge in [0.1, 0.15) is 0 Å². The number of carbonyl (C=O) groups is 2. The third-order valence-corrected chi connectivity index (χ3v) is 2.57. The van der Waals surface area contributed by atoms with E-state index in [9.17, 15) is 9.59 Å². The molecule has 0 amide bonds. The van der Waals surface area contributed by atoms with E-state index in [1.807, 2.05) is 6.92 Å². The lowest BCUT2D eigenvalue weighted by Gasteiger charge is -2.10. The summed E-state index contributed by atoms with van der Waals surface area (Å²) in [6.07, 6.45) is 0.189. The van der Waals surface area contributed by atoms with Gasteiger partial charge in [0.2, 0.25) is 0 Å². The number of ketones is 1. The van der Waals surface area contributed by atoms with Crippen LogP contribution in [0.4, 0.5) is 0 Å². The quantitative estimate of drug-likeness (QED) is 0.559. The molecule has 0 unspecified atom stereocenters. The van der Waals surface area contributed by atoms with Crippen molar-refractivity contribution in [1.82, 2.24) is 0 Å². The van der Waals surface area contributed by atoms with Crippen LogP contribution in [-0.2, 0) is 9.53 Å². The molecule has 0 bridgehead atoms. The molecular weight excluding hydrogens is 248 g/mol. The zero-order valence-electron chi connectivity index (χ0n) is 11.4. The van der Waals surface area contributed by atoms with E-state index in [1.165, 1.54) is 14.2 Å². The van der Waals surface area contributed by atoms with E-state index >= 15 is 0 Å². The Morgan fingerprint density at radius 3 is 2.42 bits per heavy atom. The van der Waals surface area contributed by atoms with Gasteiger partial charge in [0.25, 0.3) is 0 Å². The fourth-order valence-corrected chi connectivity index (χ4v) is 1.58. The number of Topliss-reactive ketones (excluding diaryl/α,β-unsaturated/α-hetero) is 1. The largest absolute Gasteiger partial charge is 0.493 e. The van der Waals surface area contributed by atoms with Gasteiger partial charge in [-0.3, -0.25) is 9.59 Å². The van der Waals surface area contributed by atoms with Gasteiger partial charge < -0.3 is 14.2 Å². The van der Waals surface area contributed by atoms with Gasteiger partial charge in [0.15, 0.2) is 17.3 Å². The molecule has 1 aromatic rings. The van der Waals surface area contributed by atoms with Crippen LogP contribution in [0.5, 0.6) is 11.5 Å². The molecule has 0 aliphatic rings. The highest BCUT2D eigenvalue weighted by Gasteiger charge is 2.12. The zero-order valence-corrected chi connectivity index (χ0v) is 11.4. The highest BCUT2D eigenvalue weighted by Crippen LogP contribution is 2.28. The van der Waals surface area contributed by atoms with Crippen LogP contribution >= 0.6 is 0 Å². The number of carbonyl (C=O) groups excluding carboxylic acids is 2. The number of hydrogen-bond acceptors (Lipinski definition) is 5. The summed E-state index contributed by atoms with van der Waals surface area (Å²) in [6.45, 7) is 2.39. The van der Waals surface area contributed by atoms with Crippen LogP contribution < -0.4 is 9.47 Å². The molecule has 104 valence electrons. The summed E-state index contributed by atoms with van der Waals surface area (Å²) in [7, 11) is 2.81. The van der Waals surface area contributed by atoms with Crippen LogP contribution in [0, 0.1) is 0 Å². The van der Waals surface area contributed by atoms with Gasteiger partial charge in [0, 0.05) is 12.0 Å². The number of methoxy groups -OCH3 is 2. The average Bonchev–Trinajstić information content (AvgIpc) is 2.44. The molecule has 0 saturated carbocycles. The molecule has 5 nitrogen and oxygen atoms in total. The second kappa shape index (κ2) is 7.41. The van der Waals surface area contributed by atoms with Crippen LogP contribution in [0.15, 0.2) is 18.2 Å². The lowest BCUT2D eigenvalue weighted by Crippen LogP contribution is -2.06. The van der Waals surface area contributed by atoms with E-state index in [1.54, 1.807) is 18.2 Å². The first-order chi connectivity index (χ1) is 9.12. The van der Waals surface area contributed by atoms with E-state index in [0.29, 0.717) is 23.7 Å². The van der Waals surface area contributed by atoms with Crippen molar-refractivity contribution in [2.75, 3.05) is 20.8 Å². The Kier molecular flexibility index (Phi) is 5.85. The maximum atomic E-state index is 11.9. The Bertz CT molecular complexity index is 453. The summed E-state index contributed by atoms with van der Waals surface area (Å²) in [5, 5.41) is 0. The fraction of sp³-hybridized carbons (Fsp3) is 0.429. The fourth-order valence-electron chi connectivity index (χ4n) is 1.58. The molecule has 0 aromatic heterocycles. The molecule has 1 rings (SSSR count). The molecule has 0 fully saturated rings. The standard InChI is InChI=1S/C14H18O5/c1-4-19-12-7-5-10(9-13(12)17-2)11(15)6-8-14(16)18-3/h5,7,9H,4,6,8H2,1-3H3. The third kappa shape index (κ3) is 4.28. The predicted octanol–water partition coefficient (Wildman–Crippen LogP) is 2.23. The molecule has 19 heavy (non-hydrogen) atoms. The molecule has 0 saturated heterocycles. The van der Waals surface area contributed by atoms with Crippen molar-refractivity contribution in [3.8, 4) is 11.5 Å². The minimum atomic E-state index is -0.397. The topological polar surface area (TPSA) is 61.8 Å². The number of rotatable bonds is 7. The number of hydrogen-bond donors (Lipinski definition) is 0. The van der Waals surface area contributed by atoms with E-state index in [-0.39, 0.29) is 18.6 Å². The van der Waals surface area contributed by atoms with Gasteiger partial charge in [-0.15, -0.1) is 0 Å². The van der Waals surface area contributed by atoms with Crippen molar-refractivity contribution in [3.63, 3.8) is 0 Å². The Morgan fingerprint density at radius 2 is 1.84 bits per heavy atom. The van der Waals surface area contributed by atoms with Crippen LogP contribution in [0.1, 0.15) is 30.1 Å². The normalized spacial score (nSPS) is 9.84. The van der Waals surface area contributed by atoms with Crippen molar-refractivity contribution in [3.05, 3.63) is 23.8 Å². The van der Waals surface area contributed by atoms with Crippen LogP contribution in [0.2, 0.25) is 0 Å². The van der Waals surface area contributed by atoms with Crippen molar-refractivity contribution in [2.45, 2.75) is 19.8 Å². The third-order valence-electron chi connectivity index (χ3n) is 2.57. The highest BCUT2D eigenvalue weighted by molar-refractivity contribution is 5.98. The molecule has 0 spiro atoms. The van der Waals surface area contributed by atoms with Crippen molar-refractivity contribution >= 4 is 11.8 Å². The summed E-state index contributed by atoms with van der Waals surface area (Å²) in [5.41, 5.74) is 0.490. The molecule has 0 N–H and O–H groups in total. The Hall–Kier alpha value is -2.04. The maximum absolute atomic E-state index is 11.9. The minimum Gasteiger partial charge on any atom is -0.493 e. The lowest BCUT2D eigenvalue weighted by molar-refractivity contribution is -0.140. The number of esters is 1. The van der Waals surface area contributed by atoms with Gasteiger partial charge in [-0.2, -0.15) is 0 Å². The predicted molar refractivity (Wildman–Crippen MR) is 69.7 cm³/mol. The van der Waals surface area contributed by atoms with Crippen LogP contribution in [0.25, 0.3) is 0 Å². The highest BCUT2D eigenvalue weighted by atomic mass is 16.5. The summed E-state index contributed by atoms with van der Waals surface area (Å²) >= 11 is 0. The van der Waals surface area contributed by atoms with Crippen molar-refractivity contribution in [2.24, 2.45) is 0 Å². The van der Waals surface area contributed by atoms with Crippen LogP contribution in [-0.4, -0.2) is 32.6 Å². The molecule has 0 aliphatic carbocycles. The van der Waals surface area contributed by atoms with E-state index in [4.69, 9.17) is 9.47 Å². The average molecular weight is 266 g/mol. The SMILES string of the molecule is CCOc1ccc(C(=O)CCC(=O)OC)cc1OC. The molecular formula is C14H18O5. The summed E-state index contributed by atoms with van der Waals surface area (Å²) in [4.78, 5) is 22.9. The Labute approximate surface area is 112 Å². The zero-order chi connectivity index (χ0) is 14.3. The second-order valence-corrected chi connectivity index (χ2v) is 3.80. The first-order valence-electron chi connectivity index (χ1n) is 6.03. The maximum Gasteiger partial charge on any atom is 0.305 e. The van der Waals surface area contributed by atoms with E-state index in [2.05, 4.69) is 4.74 Å². The van der Waals surface area contributed by atoms with Gasteiger partial charge >= 0.3 is 5.97 Å². The van der Waals surface area contributed by atoms with Crippen molar-refractivity contribution < 1.29 is 23.8 Å². The minimum absolute atomic E-state index is 0.0743. The smallest absolute Gasteiger partial charge is 0.305 e. The summed E-state index contributed by atoms with van der Waals surface area (Å²) in [6, 6.07) is 4.96. The lowest BCUT2D eigenvalue weighted by atomic mass is 10.1. The van der Waals surface area contributed by atoms with Gasteiger partial charge in [-0.1, -0.05) is 0 Å². The monoisotopic (exact) mass is 266 g/mol. The molecule has 0 heterocycles. The molecule has 1 aromatic carbocycles. The Balaban J connectivity index is 2.78. The molecule has 0 atom stereocenters. The molecule has 5 heteroatoms. The first-order valence-corrected chi connectivity index (χ1v) is 6.03. The van der Waals surface area contributed by atoms with E-state index < -0.39 is 5.97 Å². The first kappa shape index (κ1) is 15.0.